The molecule has 60 valence electrons. The van der Waals surface area contributed by atoms with Gasteiger partial charge in [0.15, 0.2) is 5.89 Å². The fraction of sp³-hybridized carbons (Fsp3) is 0.625. The fourth-order valence-electron chi connectivity index (χ4n) is 1.50. The minimum Gasteiger partial charge on any atom is -0.444 e. The van der Waals surface area contributed by atoms with Crippen LogP contribution in [0, 0.1) is 6.92 Å². The number of fused-ring (bicyclic) bond motifs is 1. The highest BCUT2D eigenvalue weighted by Crippen LogP contribution is 2.22. The fourth-order valence-corrected chi connectivity index (χ4v) is 1.50. The van der Waals surface area contributed by atoms with Crippen LogP contribution in [0.5, 0.6) is 0 Å². The van der Waals surface area contributed by atoms with Gasteiger partial charge in [-0.25, -0.2) is 4.98 Å². The van der Waals surface area contributed by atoms with Crippen molar-refractivity contribution in [2.45, 2.75) is 26.3 Å². The average Bonchev–Trinajstić information content (AvgIpc) is 2.31. The zero-order valence-electron chi connectivity index (χ0n) is 6.85. The molecule has 1 aliphatic heterocycles. The highest BCUT2D eigenvalue weighted by atomic mass is 16.4. The quantitative estimate of drug-likeness (QED) is 0.606. The highest BCUT2D eigenvalue weighted by molar-refractivity contribution is 5.16. The van der Waals surface area contributed by atoms with Crippen molar-refractivity contribution < 1.29 is 4.42 Å². The molecule has 0 saturated carbocycles. The third-order valence-corrected chi connectivity index (χ3v) is 2.04. The summed E-state index contributed by atoms with van der Waals surface area (Å²) in [6, 6.07) is 0.333. The standard InChI is InChI=1S/C8H12N2O/c1-5-8-7(3-4-9-5)10-6(2)11-8/h5,9H,3-4H2,1-2H3/t5-/m1/s1. The van der Waals surface area contributed by atoms with Gasteiger partial charge in [-0.3, -0.25) is 0 Å². The van der Waals surface area contributed by atoms with E-state index >= 15 is 0 Å². The Kier molecular flexibility index (Phi) is 1.46. The molecule has 1 atom stereocenters. The van der Waals surface area contributed by atoms with Gasteiger partial charge in [0.25, 0.3) is 0 Å². The van der Waals surface area contributed by atoms with Gasteiger partial charge < -0.3 is 9.73 Å². The van der Waals surface area contributed by atoms with Crippen molar-refractivity contribution in [3.63, 3.8) is 0 Å². The Hall–Kier alpha value is -0.830. The number of nitrogens with one attached hydrogen (secondary N) is 1. The van der Waals surface area contributed by atoms with Crippen LogP contribution in [-0.2, 0) is 6.42 Å². The maximum Gasteiger partial charge on any atom is 0.191 e. The van der Waals surface area contributed by atoms with E-state index in [0.29, 0.717) is 6.04 Å². The van der Waals surface area contributed by atoms with Crippen molar-refractivity contribution in [1.82, 2.24) is 10.3 Å². The van der Waals surface area contributed by atoms with Gasteiger partial charge in [-0.1, -0.05) is 0 Å². The van der Waals surface area contributed by atoms with E-state index in [4.69, 9.17) is 4.42 Å². The summed E-state index contributed by atoms with van der Waals surface area (Å²) in [4.78, 5) is 4.29. The summed E-state index contributed by atoms with van der Waals surface area (Å²) >= 11 is 0. The molecular weight excluding hydrogens is 140 g/mol. The first-order chi connectivity index (χ1) is 5.27. The molecule has 0 radical (unpaired) electrons. The first-order valence-corrected chi connectivity index (χ1v) is 3.97. The number of oxazole rings is 1. The van der Waals surface area contributed by atoms with Gasteiger partial charge in [-0.05, 0) is 6.92 Å². The third-order valence-electron chi connectivity index (χ3n) is 2.04. The number of hydrogen-bond acceptors (Lipinski definition) is 3. The van der Waals surface area contributed by atoms with Crippen LogP contribution in [0.3, 0.4) is 0 Å². The SMILES string of the molecule is Cc1nc2c(o1)[C@@H](C)NCC2. The molecule has 0 amide bonds. The molecule has 3 nitrogen and oxygen atoms in total. The summed E-state index contributed by atoms with van der Waals surface area (Å²) < 4.78 is 5.44. The van der Waals surface area contributed by atoms with Crippen molar-refractivity contribution >= 4 is 0 Å². The minimum absolute atomic E-state index is 0.333. The number of hydrogen-bond donors (Lipinski definition) is 1. The van der Waals surface area contributed by atoms with E-state index in [-0.39, 0.29) is 0 Å². The lowest BCUT2D eigenvalue weighted by molar-refractivity contribution is 0.397. The first-order valence-electron chi connectivity index (χ1n) is 3.97. The zero-order chi connectivity index (χ0) is 7.84. The van der Waals surface area contributed by atoms with Crippen LogP contribution in [0.2, 0.25) is 0 Å². The van der Waals surface area contributed by atoms with Crippen LogP contribution in [0.1, 0.15) is 30.3 Å². The van der Waals surface area contributed by atoms with Gasteiger partial charge in [-0.15, -0.1) is 0 Å². The maximum absolute atomic E-state index is 5.44. The number of rotatable bonds is 0. The van der Waals surface area contributed by atoms with Crippen LogP contribution >= 0.6 is 0 Å². The Morgan fingerprint density at radius 2 is 2.45 bits per heavy atom. The summed E-state index contributed by atoms with van der Waals surface area (Å²) in [5, 5.41) is 3.32. The molecule has 2 rings (SSSR count). The van der Waals surface area contributed by atoms with Gasteiger partial charge in [0, 0.05) is 19.9 Å². The molecule has 0 unspecified atom stereocenters. The van der Waals surface area contributed by atoms with E-state index < -0.39 is 0 Å². The highest BCUT2D eigenvalue weighted by Gasteiger charge is 2.20. The van der Waals surface area contributed by atoms with Crippen LogP contribution in [-0.4, -0.2) is 11.5 Å². The molecule has 0 bridgehead atoms. The van der Waals surface area contributed by atoms with Crippen molar-refractivity contribution in [2.75, 3.05) is 6.54 Å². The Bertz CT molecular complexity index is 267. The molecule has 0 spiro atoms. The lowest BCUT2D eigenvalue weighted by Gasteiger charge is -2.16. The predicted molar refractivity (Wildman–Crippen MR) is 41.4 cm³/mol. The third kappa shape index (κ3) is 1.05. The van der Waals surface area contributed by atoms with Gasteiger partial charge in [0.05, 0.1) is 11.7 Å². The van der Waals surface area contributed by atoms with Gasteiger partial charge in [0.1, 0.15) is 5.76 Å². The van der Waals surface area contributed by atoms with Crippen LogP contribution < -0.4 is 5.32 Å². The lowest BCUT2D eigenvalue weighted by Crippen LogP contribution is -2.26. The Morgan fingerprint density at radius 3 is 3.18 bits per heavy atom. The lowest BCUT2D eigenvalue weighted by atomic mass is 10.1. The van der Waals surface area contributed by atoms with Gasteiger partial charge in [0.2, 0.25) is 0 Å². The van der Waals surface area contributed by atoms with Crippen molar-refractivity contribution in [3.8, 4) is 0 Å². The monoisotopic (exact) mass is 152 g/mol. The number of nitrogens with zero attached hydrogens (tertiary/aromatic N) is 1. The summed E-state index contributed by atoms with van der Waals surface area (Å²) in [7, 11) is 0. The van der Waals surface area contributed by atoms with E-state index in [9.17, 15) is 0 Å². The van der Waals surface area contributed by atoms with E-state index in [1.807, 2.05) is 6.92 Å². The van der Waals surface area contributed by atoms with Crippen molar-refractivity contribution in [1.29, 1.82) is 0 Å². The van der Waals surface area contributed by atoms with Gasteiger partial charge >= 0.3 is 0 Å². The van der Waals surface area contributed by atoms with Crippen LogP contribution in [0.4, 0.5) is 0 Å². The summed E-state index contributed by atoms with van der Waals surface area (Å²) in [6.07, 6.45) is 0.997. The Morgan fingerprint density at radius 1 is 1.64 bits per heavy atom. The Balaban J connectivity index is 2.43. The van der Waals surface area contributed by atoms with Crippen LogP contribution in [0.15, 0.2) is 4.42 Å². The number of aryl methyl sites for hydroxylation is 1. The van der Waals surface area contributed by atoms with Gasteiger partial charge in [-0.2, -0.15) is 0 Å². The molecular formula is C8H12N2O. The molecule has 1 aliphatic rings. The molecule has 0 aliphatic carbocycles. The molecule has 0 saturated heterocycles. The summed E-state index contributed by atoms with van der Waals surface area (Å²) in [5.74, 6) is 1.80. The predicted octanol–water partition coefficient (Wildman–Crippen LogP) is 1.19. The normalized spacial score (nSPS) is 23.3. The molecule has 0 aromatic carbocycles. The Labute approximate surface area is 65.8 Å². The minimum atomic E-state index is 0.333. The summed E-state index contributed by atoms with van der Waals surface area (Å²) in [5.41, 5.74) is 1.13. The smallest absolute Gasteiger partial charge is 0.191 e. The first kappa shape index (κ1) is 6.85. The second-order valence-corrected chi connectivity index (χ2v) is 2.97. The molecule has 1 N–H and O–H groups in total. The largest absolute Gasteiger partial charge is 0.444 e. The maximum atomic E-state index is 5.44. The summed E-state index contributed by atoms with van der Waals surface area (Å²) in [6.45, 7) is 5.01. The molecule has 3 heteroatoms. The topological polar surface area (TPSA) is 38.1 Å². The van der Waals surface area contributed by atoms with Crippen LogP contribution in [0.25, 0.3) is 0 Å². The second-order valence-electron chi connectivity index (χ2n) is 2.97. The molecule has 1 aromatic rings. The van der Waals surface area contributed by atoms with E-state index in [0.717, 1.165) is 30.3 Å². The van der Waals surface area contributed by atoms with E-state index in [1.165, 1.54) is 0 Å². The second kappa shape index (κ2) is 2.34. The molecule has 1 aromatic heterocycles. The molecule has 11 heavy (non-hydrogen) atoms. The molecule has 0 fully saturated rings. The number of aromatic nitrogens is 1. The average molecular weight is 152 g/mol. The van der Waals surface area contributed by atoms with E-state index in [2.05, 4.69) is 17.2 Å². The molecule has 2 heterocycles. The van der Waals surface area contributed by atoms with Crippen molar-refractivity contribution in [3.05, 3.63) is 17.3 Å². The van der Waals surface area contributed by atoms with E-state index in [1.54, 1.807) is 0 Å². The zero-order valence-corrected chi connectivity index (χ0v) is 6.85. The van der Waals surface area contributed by atoms with Crippen molar-refractivity contribution in [2.24, 2.45) is 0 Å².